The Hall–Kier alpha value is -0.810. The van der Waals surface area contributed by atoms with E-state index in [1.807, 2.05) is 0 Å². The van der Waals surface area contributed by atoms with Crippen LogP contribution in [0.2, 0.25) is 5.15 Å². The van der Waals surface area contributed by atoms with Crippen LogP contribution >= 0.6 is 23.4 Å². The highest BCUT2D eigenvalue weighted by Crippen LogP contribution is 2.41. The fraction of sp³-hybridized carbons (Fsp3) is 0.375. The number of ether oxygens (including phenoxy) is 1. The predicted molar refractivity (Wildman–Crippen MR) is 52.5 cm³/mol. The van der Waals surface area contributed by atoms with Crippen molar-refractivity contribution in [3.8, 4) is 0 Å². The van der Waals surface area contributed by atoms with Gasteiger partial charge in [0.2, 0.25) is 0 Å². The number of methoxy groups -OCH3 is 1. The Morgan fingerprint density at radius 3 is 3.21 bits per heavy atom. The topological polar surface area (TPSA) is 52.1 Å². The molecular weight excluding hydrogens is 224 g/mol. The Labute approximate surface area is 90.0 Å². The lowest BCUT2D eigenvalue weighted by atomic mass is 10.1. The molecule has 0 amide bonds. The lowest BCUT2D eigenvalue weighted by Crippen LogP contribution is -2.14. The average molecular weight is 231 g/mol. The Morgan fingerprint density at radius 1 is 1.71 bits per heavy atom. The van der Waals surface area contributed by atoms with Crippen LogP contribution in [0.3, 0.4) is 0 Å². The number of rotatable bonds is 1. The zero-order valence-electron chi connectivity index (χ0n) is 7.36. The summed E-state index contributed by atoms with van der Waals surface area (Å²) >= 11 is 7.35. The molecule has 0 saturated heterocycles. The van der Waals surface area contributed by atoms with Crippen molar-refractivity contribution in [3.05, 3.63) is 17.2 Å². The molecule has 0 fully saturated rings. The average Bonchev–Trinajstić information content (AvgIpc) is 2.62. The van der Waals surface area contributed by atoms with E-state index in [1.54, 1.807) is 0 Å². The first-order valence-electron chi connectivity index (χ1n) is 3.95. The van der Waals surface area contributed by atoms with Crippen LogP contribution in [-0.4, -0.2) is 28.8 Å². The lowest BCUT2D eigenvalue weighted by Gasteiger charge is -2.05. The Balaban J connectivity index is 2.40. The van der Waals surface area contributed by atoms with Crippen molar-refractivity contribution in [2.75, 3.05) is 12.9 Å². The number of nitrogens with zero attached hydrogens (tertiary/aromatic N) is 2. The van der Waals surface area contributed by atoms with Gasteiger partial charge in [0.25, 0.3) is 0 Å². The molecule has 1 aliphatic heterocycles. The van der Waals surface area contributed by atoms with E-state index in [2.05, 4.69) is 14.7 Å². The monoisotopic (exact) mass is 230 g/mol. The summed E-state index contributed by atoms with van der Waals surface area (Å²) in [6, 6.07) is 0. The van der Waals surface area contributed by atoms with Crippen LogP contribution in [0.25, 0.3) is 0 Å². The lowest BCUT2D eigenvalue weighted by molar-refractivity contribution is -0.141. The molecule has 6 heteroatoms. The maximum absolute atomic E-state index is 11.3. The number of hydrogen-bond acceptors (Lipinski definition) is 5. The normalized spacial score (nSPS) is 19.1. The van der Waals surface area contributed by atoms with Crippen molar-refractivity contribution in [1.29, 1.82) is 0 Å². The molecule has 0 spiro atoms. The fourth-order valence-corrected chi connectivity index (χ4v) is 2.76. The van der Waals surface area contributed by atoms with Crippen molar-refractivity contribution in [3.63, 3.8) is 0 Å². The molecule has 2 rings (SSSR count). The number of halogens is 1. The molecule has 74 valence electrons. The van der Waals surface area contributed by atoms with E-state index in [4.69, 9.17) is 11.6 Å². The maximum Gasteiger partial charge on any atom is 0.315 e. The molecule has 0 saturated carbocycles. The summed E-state index contributed by atoms with van der Waals surface area (Å²) in [6.45, 7) is 0. The van der Waals surface area contributed by atoms with Gasteiger partial charge in [-0.2, -0.15) is 0 Å². The van der Waals surface area contributed by atoms with Gasteiger partial charge >= 0.3 is 5.97 Å². The van der Waals surface area contributed by atoms with Gasteiger partial charge < -0.3 is 4.74 Å². The third-order valence-electron chi connectivity index (χ3n) is 2.00. The first kappa shape index (κ1) is 9.73. The van der Waals surface area contributed by atoms with Gasteiger partial charge in [-0.1, -0.05) is 11.6 Å². The molecule has 0 aromatic carbocycles. The molecule has 14 heavy (non-hydrogen) atoms. The molecule has 1 atom stereocenters. The molecule has 1 aliphatic rings. The number of esters is 1. The molecule has 0 N–H and O–H groups in total. The minimum absolute atomic E-state index is 0.272. The van der Waals surface area contributed by atoms with Gasteiger partial charge in [0.1, 0.15) is 17.4 Å². The Kier molecular flexibility index (Phi) is 2.60. The first-order chi connectivity index (χ1) is 6.74. The first-order valence-corrected chi connectivity index (χ1v) is 5.31. The van der Waals surface area contributed by atoms with Gasteiger partial charge in [0.15, 0.2) is 0 Å². The van der Waals surface area contributed by atoms with Crippen LogP contribution in [0, 0.1) is 0 Å². The van der Waals surface area contributed by atoms with Crippen molar-refractivity contribution < 1.29 is 9.53 Å². The molecule has 2 heterocycles. The molecule has 0 radical (unpaired) electrons. The largest absolute Gasteiger partial charge is 0.468 e. The van der Waals surface area contributed by atoms with Gasteiger partial charge in [-0.25, -0.2) is 9.97 Å². The summed E-state index contributed by atoms with van der Waals surface area (Å²) < 4.78 is 4.68. The van der Waals surface area contributed by atoms with E-state index >= 15 is 0 Å². The van der Waals surface area contributed by atoms with Crippen molar-refractivity contribution >= 4 is 29.3 Å². The SMILES string of the molecule is COC(=O)C1CSc2c(Cl)ncnc21. The van der Waals surface area contributed by atoms with Gasteiger partial charge in [-0.05, 0) is 0 Å². The highest BCUT2D eigenvalue weighted by Gasteiger charge is 2.33. The molecule has 1 aromatic heterocycles. The van der Waals surface area contributed by atoms with E-state index in [1.165, 1.54) is 25.2 Å². The smallest absolute Gasteiger partial charge is 0.315 e. The van der Waals surface area contributed by atoms with Crippen LogP contribution in [0.1, 0.15) is 11.6 Å². The van der Waals surface area contributed by atoms with E-state index in [0.717, 1.165) is 4.90 Å². The van der Waals surface area contributed by atoms with E-state index in [9.17, 15) is 4.79 Å². The summed E-state index contributed by atoms with van der Waals surface area (Å²) in [4.78, 5) is 20.1. The van der Waals surface area contributed by atoms with E-state index in [-0.39, 0.29) is 11.9 Å². The van der Waals surface area contributed by atoms with Gasteiger partial charge in [0, 0.05) is 5.75 Å². The summed E-state index contributed by atoms with van der Waals surface area (Å²) in [6.07, 6.45) is 1.36. The zero-order valence-corrected chi connectivity index (χ0v) is 8.93. The van der Waals surface area contributed by atoms with E-state index < -0.39 is 0 Å². The summed E-state index contributed by atoms with van der Waals surface area (Å²) in [5.41, 5.74) is 0.682. The minimum atomic E-state index is -0.305. The third kappa shape index (κ3) is 1.46. The second-order valence-corrected chi connectivity index (χ2v) is 4.15. The maximum atomic E-state index is 11.3. The minimum Gasteiger partial charge on any atom is -0.468 e. The highest BCUT2D eigenvalue weighted by atomic mass is 35.5. The highest BCUT2D eigenvalue weighted by molar-refractivity contribution is 7.99. The summed E-state index contributed by atoms with van der Waals surface area (Å²) in [7, 11) is 1.37. The second kappa shape index (κ2) is 3.74. The van der Waals surface area contributed by atoms with Gasteiger partial charge in [-0.3, -0.25) is 4.79 Å². The van der Waals surface area contributed by atoms with Gasteiger partial charge in [0.05, 0.1) is 17.7 Å². The van der Waals surface area contributed by atoms with Crippen molar-refractivity contribution in [2.24, 2.45) is 0 Å². The van der Waals surface area contributed by atoms with Crippen LogP contribution in [-0.2, 0) is 9.53 Å². The van der Waals surface area contributed by atoms with Gasteiger partial charge in [-0.15, -0.1) is 11.8 Å². The predicted octanol–water partition coefficient (Wildman–Crippen LogP) is 1.49. The molecule has 1 unspecified atom stereocenters. The number of carbonyl (C=O) groups is 1. The molecule has 4 nitrogen and oxygen atoms in total. The van der Waals surface area contributed by atoms with Crippen LogP contribution < -0.4 is 0 Å². The number of aromatic nitrogens is 2. The number of fused-ring (bicyclic) bond motifs is 1. The second-order valence-electron chi connectivity index (χ2n) is 2.77. The van der Waals surface area contributed by atoms with Crippen LogP contribution in [0.4, 0.5) is 0 Å². The number of carbonyl (C=O) groups excluding carboxylic acids is 1. The quantitative estimate of drug-likeness (QED) is 0.541. The Bertz CT molecular complexity index is 386. The van der Waals surface area contributed by atoms with E-state index in [0.29, 0.717) is 16.6 Å². The van der Waals surface area contributed by atoms with Crippen LogP contribution in [0.15, 0.2) is 11.2 Å². The standard InChI is InChI=1S/C8H7ClN2O2S/c1-13-8(12)4-2-14-6-5(4)10-3-11-7(6)9/h3-4H,2H2,1H3. The molecule has 0 aliphatic carbocycles. The van der Waals surface area contributed by atoms with Crippen LogP contribution in [0.5, 0.6) is 0 Å². The van der Waals surface area contributed by atoms with Crippen molar-refractivity contribution in [2.45, 2.75) is 10.8 Å². The molecule has 1 aromatic rings. The number of thioether (sulfide) groups is 1. The fourth-order valence-electron chi connectivity index (χ4n) is 1.31. The zero-order chi connectivity index (χ0) is 10.1. The molecular formula is C8H7ClN2O2S. The third-order valence-corrected chi connectivity index (χ3v) is 3.59. The summed E-state index contributed by atoms with van der Waals surface area (Å²) in [5, 5.41) is 0.409. The van der Waals surface area contributed by atoms with Crippen molar-refractivity contribution in [1.82, 2.24) is 9.97 Å². The number of hydrogen-bond donors (Lipinski definition) is 0. The molecule has 0 bridgehead atoms. The Morgan fingerprint density at radius 2 is 2.50 bits per heavy atom. The summed E-state index contributed by atoms with van der Waals surface area (Å²) in [5.74, 6) is 0.0481.